The summed E-state index contributed by atoms with van der Waals surface area (Å²) >= 11 is 0. The smallest absolute Gasteiger partial charge is 0.308 e. The third-order valence-electron chi connectivity index (χ3n) is 10.9. The summed E-state index contributed by atoms with van der Waals surface area (Å²) in [6, 6.07) is 0. The van der Waals surface area contributed by atoms with Crippen molar-refractivity contribution in [3.8, 4) is 0 Å². The highest BCUT2D eigenvalue weighted by Crippen LogP contribution is 2.67. The lowest BCUT2D eigenvalue weighted by Gasteiger charge is -2.60. The number of hydrogen-bond acceptors (Lipinski definition) is 5. The van der Waals surface area contributed by atoms with Crippen LogP contribution in [0.25, 0.3) is 0 Å². The van der Waals surface area contributed by atoms with Crippen molar-refractivity contribution in [2.45, 2.75) is 91.9 Å². The van der Waals surface area contributed by atoms with Gasteiger partial charge in [-0.05, 0) is 99.2 Å². The van der Waals surface area contributed by atoms with Gasteiger partial charge in [-0.3, -0.25) is 14.4 Å². The van der Waals surface area contributed by atoms with E-state index in [0.717, 1.165) is 38.5 Å². The summed E-state index contributed by atoms with van der Waals surface area (Å²) in [6.07, 6.45) is 9.43. The number of carbonyl (C=O) groups excluding carboxylic acids is 3. The summed E-state index contributed by atoms with van der Waals surface area (Å²) in [4.78, 5) is 38.0. The van der Waals surface area contributed by atoms with Gasteiger partial charge >= 0.3 is 11.9 Å². The van der Waals surface area contributed by atoms with Crippen LogP contribution in [-0.2, 0) is 23.9 Å². The molecule has 4 saturated carbocycles. The molecule has 0 aromatic rings. The summed E-state index contributed by atoms with van der Waals surface area (Å²) in [5.41, 5.74) is -0.0838. The van der Waals surface area contributed by atoms with Crippen LogP contribution < -0.4 is 0 Å². The van der Waals surface area contributed by atoms with Gasteiger partial charge in [-0.1, -0.05) is 20.8 Å². The van der Waals surface area contributed by atoms with Crippen LogP contribution in [0.1, 0.15) is 91.9 Å². The number of ether oxygens (including phenoxy) is 2. The van der Waals surface area contributed by atoms with Crippen molar-refractivity contribution < 1.29 is 23.9 Å². The average molecular weight is 461 g/mol. The second-order valence-corrected chi connectivity index (χ2v) is 12.1. The van der Waals surface area contributed by atoms with E-state index in [1.54, 1.807) is 0 Å². The Morgan fingerprint density at radius 1 is 1.09 bits per heavy atom. The zero-order valence-electron chi connectivity index (χ0n) is 21.4. The molecular weight excluding hydrogens is 416 g/mol. The van der Waals surface area contributed by atoms with Crippen LogP contribution in [0.5, 0.6) is 0 Å². The van der Waals surface area contributed by atoms with Crippen molar-refractivity contribution >= 4 is 17.7 Å². The number of fused-ring (bicyclic) bond motifs is 5. The molecule has 0 heterocycles. The molecule has 4 rings (SSSR count). The molecule has 5 nitrogen and oxygen atoms in total. The van der Waals surface area contributed by atoms with Crippen molar-refractivity contribution in [3.05, 3.63) is 0 Å². The van der Waals surface area contributed by atoms with Gasteiger partial charge in [-0.25, -0.2) is 0 Å². The van der Waals surface area contributed by atoms with E-state index in [2.05, 4.69) is 20.8 Å². The number of rotatable bonds is 6. The highest BCUT2D eigenvalue weighted by atomic mass is 16.5. The maximum Gasteiger partial charge on any atom is 0.308 e. The van der Waals surface area contributed by atoms with Crippen LogP contribution >= 0.6 is 0 Å². The SMILES string of the molecule is CCOC(=O)C1CC[C@@]2(C)C(CC[C@H]3[C@@H]4CC[C@H]([C@H](C)CCC(=O)OC)[C@@]4(C)C(=O)C[C@@H]32)C1. The molecule has 0 aliphatic heterocycles. The van der Waals surface area contributed by atoms with E-state index in [9.17, 15) is 14.4 Å². The predicted octanol–water partition coefficient (Wildman–Crippen LogP) is 5.59. The fraction of sp³-hybridized carbons (Fsp3) is 0.893. The molecule has 2 unspecified atom stereocenters. The quantitative estimate of drug-likeness (QED) is 0.483. The normalized spacial score (nSPS) is 43.1. The molecule has 0 spiro atoms. The monoisotopic (exact) mass is 460 g/mol. The highest BCUT2D eigenvalue weighted by molar-refractivity contribution is 5.87. The Bertz CT molecular complexity index is 776. The standard InChI is InChI=1S/C28H44O5/c1-6-33-26(31)18-13-14-27(3)19(15-18)8-9-20-22-11-10-21(17(2)7-12-25(30)32-5)28(22,4)24(29)16-23(20)27/h17-23H,6-16H2,1-5H3/t17-,18?,19?,20+,21-,22+,23+,27+,28-/m1/s1. The maximum atomic E-state index is 13.9. The molecule has 0 radical (unpaired) electrons. The van der Waals surface area contributed by atoms with Gasteiger partial charge in [0.25, 0.3) is 0 Å². The first-order valence-electron chi connectivity index (χ1n) is 13.4. The van der Waals surface area contributed by atoms with Crippen LogP contribution in [-0.4, -0.2) is 31.4 Å². The number of ketones is 1. The third kappa shape index (κ3) is 4.05. The predicted molar refractivity (Wildman–Crippen MR) is 126 cm³/mol. The molecule has 186 valence electrons. The van der Waals surface area contributed by atoms with E-state index >= 15 is 0 Å². The summed E-state index contributed by atoms with van der Waals surface area (Å²) in [6.45, 7) is 9.25. The lowest BCUT2D eigenvalue weighted by molar-refractivity contribution is -0.165. The molecule has 9 atom stereocenters. The molecule has 5 heteroatoms. The minimum Gasteiger partial charge on any atom is -0.469 e. The molecule has 0 aromatic heterocycles. The van der Waals surface area contributed by atoms with Crippen molar-refractivity contribution in [2.75, 3.05) is 13.7 Å². The van der Waals surface area contributed by atoms with Gasteiger partial charge in [0.15, 0.2) is 0 Å². The summed E-state index contributed by atoms with van der Waals surface area (Å²) < 4.78 is 10.2. The maximum absolute atomic E-state index is 13.9. The molecule has 0 amide bonds. The van der Waals surface area contributed by atoms with E-state index in [1.165, 1.54) is 20.0 Å². The summed E-state index contributed by atoms with van der Waals surface area (Å²) in [5, 5.41) is 0. The fourth-order valence-electron chi connectivity index (χ4n) is 9.03. The zero-order valence-corrected chi connectivity index (χ0v) is 21.4. The van der Waals surface area contributed by atoms with Gasteiger partial charge in [0.1, 0.15) is 5.78 Å². The van der Waals surface area contributed by atoms with Crippen LogP contribution in [0.4, 0.5) is 0 Å². The van der Waals surface area contributed by atoms with Gasteiger partial charge in [-0.2, -0.15) is 0 Å². The summed E-state index contributed by atoms with van der Waals surface area (Å²) in [5.74, 6) is 3.11. The third-order valence-corrected chi connectivity index (χ3v) is 10.9. The van der Waals surface area contributed by atoms with Crippen molar-refractivity contribution in [3.63, 3.8) is 0 Å². The summed E-state index contributed by atoms with van der Waals surface area (Å²) in [7, 11) is 1.45. The zero-order chi connectivity index (χ0) is 24.0. The first-order valence-corrected chi connectivity index (χ1v) is 13.4. The minimum absolute atomic E-state index is 0.0199. The van der Waals surface area contributed by atoms with E-state index in [1.807, 2.05) is 6.92 Å². The Balaban J connectivity index is 1.50. The molecular formula is C28H44O5. The molecule has 33 heavy (non-hydrogen) atoms. The van der Waals surface area contributed by atoms with Crippen molar-refractivity contribution in [1.82, 2.24) is 0 Å². The molecule has 0 bridgehead atoms. The van der Waals surface area contributed by atoms with Crippen LogP contribution in [0.15, 0.2) is 0 Å². The fourth-order valence-corrected chi connectivity index (χ4v) is 9.03. The Hall–Kier alpha value is -1.39. The first-order chi connectivity index (χ1) is 15.7. The van der Waals surface area contributed by atoms with Crippen LogP contribution in [0.3, 0.4) is 0 Å². The van der Waals surface area contributed by atoms with Gasteiger partial charge < -0.3 is 9.47 Å². The Kier molecular flexibility index (Phi) is 7.00. The molecule has 0 N–H and O–H groups in total. The largest absolute Gasteiger partial charge is 0.469 e. The van der Waals surface area contributed by atoms with Gasteiger partial charge in [0.05, 0.1) is 19.6 Å². The molecule has 4 aliphatic rings. The van der Waals surface area contributed by atoms with Crippen LogP contribution in [0, 0.1) is 52.3 Å². The molecule has 0 saturated heterocycles. The van der Waals surface area contributed by atoms with Crippen molar-refractivity contribution in [1.29, 1.82) is 0 Å². The number of Topliss-reactive ketones (excluding diaryl/α,β-unsaturated/α-hetero) is 1. The first kappa shape index (κ1) is 24.7. The molecule has 0 aromatic carbocycles. The Labute approximate surface area is 199 Å². The Morgan fingerprint density at radius 2 is 1.85 bits per heavy atom. The van der Waals surface area contributed by atoms with Crippen molar-refractivity contribution in [2.24, 2.45) is 52.3 Å². The number of carbonyl (C=O) groups is 3. The number of hydrogen-bond donors (Lipinski definition) is 0. The van der Waals surface area contributed by atoms with Gasteiger partial charge in [0, 0.05) is 18.3 Å². The second-order valence-electron chi connectivity index (χ2n) is 12.1. The van der Waals surface area contributed by atoms with E-state index in [0.29, 0.717) is 60.7 Å². The minimum atomic E-state index is -0.248. The van der Waals surface area contributed by atoms with E-state index in [-0.39, 0.29) is 28.7 Å². The van der Waals surface area contributed by atoms with E-state index in [4.69, 9.17) is 9.47 Å². The van der Waals surface area contributed by atoms with Gasteiger partial charge in [0.2, 0.25) is 0 Å². The van der Waals surface area contributed by atoms with E-state index < -0.39 is 0 Å². The molecule has 4 fully saturated rings. The second kappa shape index (κ2) is 9.34. The average Bonchev–Trinajstić information content (AvgIpc) is 3.16. The topological polar surface area (TPSA) is 69.7 Å². The lowest BCUT2D eigenvalue weighted by atomic mass is 9.43. The highest BCUT2D eigenvalue weighted by Gasteiger charge is 2.64. The molecule has 4 aliphatic carbocycles. The lowest BCUT2D eigenvalue weighted by Crippen LogP contribution is -2.57. The van der Waals surface area contributed by atoms with Gasteiger partial charge in [-0.15, -0.1) is 0 Å². The Morgan fingerprint density at radius 3 is 2.55 bits per heavy atom. The number of methoxy groups -OCH3 is 1. The number of esters is 2. The van der Waals surface area contributed by atoms with Crippen LogP contribution in [0.2, 0.25) is 0 Å².